The minimum atomic E-state index is -0.188. The van der Waals surface area contributed by atoms with E-state index in [1.807, 2.05) is 36.4 Å². The van der Waals surface area contributed by atoms with E-state index in [1.54, 1.807) is 48.3 Å². The molecule has 148 valence electrons. The predicted molar refractivity (Wildman–Crippen MR) is 112 cm³/mol. The van der Waals surface area contributed by atoms with Crippen molar-refractivity contribution in [2.45, 2.75) is 6.42 Å². The van der Waals surface area contributed by atoms with E-state index in [1.165, 1.54) is 4.57 Å². The summed E-state index contributed by atoms with van der Waals surface area (Å²) in [6, 6.07) is 16.7. The fraction of sp³-hybridized carbons (Fsp3) is 0.0870. The van der Waals surface area contributed by atoms with Crippen LogP contribution in [0.4, 0.5) is 0 Å². The number of benzene rings is 1. The van der Waals surface area contributed by atoms with Crippen molar-refractivity contribution in [2.75, 3.05) is 0 Å². The Balaban J connectivity index is 1.79. The van der Waals surface area contributed by atoms with Gasteiger partial charge in [-0.15, -0.1) is 0 Å². The quantitative estimate of drug-likeness (QED) is 0.499. The zero-order valence-electron chi connectivity index (χ0n) is 16.2. The Labute approximate surface area is 171 Å². The molecule has 0 saturated heterocycles. The van der Waals surface area contributed by atoms with Gasteiger partial charge in [-0.25, -0.2) is 9.97 Å². The van der Waals surface area contributed by atoms with Crippen LogP contribution in [0.2, 0.25) is 0 Å². The molecule has 0 aliphatic heterocycles. The standard InChI is InChI=1S/C23H18N4O3/c1-26-11-5-10-17(22(26)28)20-21-25-18(13-16-9-6-12-30-16)23(29)27(21)14-19(24-20)15-7-3-2-4-8-15/h2-12,14,29H,13H2,1H3. The summed E-state index contributed by atoms with van der Waals surface area (Å²) in [6.45, 7) is 0. The topological polar surface area (TPSA) is 85.6 Å². The monoisotopic (exact) mass is 398 g/mol. The van der Waals surface area contributed by atoms with E-state index in [0.717, 1.165) is 5.56 Å². The van der Waals surface area contributed by atoms with Crippen LogP contribution in [0.3, 0.4) is 0 Å². The average Bonchev–Trinajstić information content (AvgIpc) is 3.39. The van der Waals surface area contributed by atoms with E-state index in [9.17, 15) is 9.90 Å². The smallest absolute Gasteiger partial charge is 0.259 e. The number of imidazole rings is 1. The van der Waals surface area contributed by atoms with Crippen LogP contribution < -0.4 is 5.56 Å². The van der Waals surface area contributed by atoms with Gasteiger partial charge in [-0.3, -0.25) is 9.20 Å². The van der Waals surface area contributed by atoms with Gasteiger partial charge in [0.15, 0.2) is 5.65 Å². The van der Waals surface area contributed by atoms with Gasteiger partial charge in [0, 0.05) is 25.0 Å². The van der Waals surface area contributed by atoms with Crippen LogP contribution in [-0.4, -0.2) is 24.0 Å². The van der Waals surface area contributed by atoms with Crippen molar-refractivity contribution in [1.29, 1.82) is 0 Å². The molecule has 5 aromatic rings. The first-order valence-corrected chi connectivity index (χ1v) is 9.46. The number of aryl methyl sites for hydroxylation is 1. The second-order valence-electron chi connectivity index (χ2n) is 7.01. The average molecular weight is 398 g/mol. The number of pyridine rings is 1. The van der Waals surface area contributed by atoms with Gasteiger partial charge in [0.2, 0.25) is 5.88 Å². The Hall–Kier alpha value is -4.13. The number of hydrogen-bond donors (Lipinski definition) is 1. The van der Waals surface area contributed by atoms with E-state index in [-0.39, 0.29) is 11.4 Å². The maximum absolute atomic E-state index is 12.8. The first-order valence-electron chi connectivity index (χ1n) is 9.46. The first-order chi connectivity index (χ1) is 14.6. The molecule has 4 heterocycles. The molecule has 0 saturated carbocycles. The molecule has 4 aromatic heterocycles. The van der Waals surface area contributed by atoms with Gasteiger partial charge in [0.25, 0.3) is 5.56 Å². The highest BCUT2D eigenvalue weighted by Crippen LogP contribution is 2.30. The lowest BCUT2D eigenvalue weighted by Crippen LogP contribution is -2.18. The van der Waals surface area contributed by atoms with Crippen molar-refractivity contribution in [3.8, 4) is 28.4 Å². The number of furan rings is 1. The summed E-state index contributed by atoms with van der Waals surface area (Å²) in [5, 5.41) is 10.9. The molecule has 1 N–H and O–H groups in total. The summed E-state index contributed by atoms with van der Waals surface area (Å²) < 4.78 is 8.48. The van der Waals surface area contributed by atoms with Crippen LogP contribution in [0.15, 0.2) is 82.5 Å². The van der Waals surface area contributed by atoms with Gasteiger partial charge < -0.3 is 14.1 Å². The normalized spacial score (nSPS) is 11.2. The van der Waals surface area contributed by atoms with Crippen molar-refractivity contribution in [3.63, 3.8) is 0 Å². The second kappa shape index (κ2) is 7.04. The summed E-state index contributed by atoms with van der Waals surface area (Å²) in [6.07, 6.45) is 5.33. The van der Waals surface area contributed by atoms with Crippen LogP contribution >= 0.6 is 0 Å². The third-order valence-corrected chi connectivity index (χ3v) is 5.02. The molecule has 0 fully saturated rings. The molecule has 5 rings (SSSR count). The van der Waals surface area contributed by atoms with Crippen molar-refractivity contribution >= 4 is 5.65 Å². The lowest BCUT2D eigenvalue weighted by molar-refractivity contribution is 0.438. The molecule has 0 amide bonds. The van der Waals surface area contributed by atoms with Crippen LogP contribution in [0.25, 0.3) is 28.2 Å². The van der Waals surface area contributed by atoms with Crippen molar-refractivity contribution in [3.05, 3.63) is 95.1 Å². The maximum atomic E-state index is 12.8. The van der Waals surface area contributed by atoms with E-state index in [2.05, 4.69) is 4.98 Å². The summed E-state index contributed by atoms with van der Waals surface area (Å²) in [4.78, 5) is 22.2. The highest BCUT2D eigenvalue weighted by atomic mass is 16.3. The van der Waals surface area contributed by atoms with Crippen LogP contribution in [0.1, 0.15) is 11.5 Å². The number of fused-ring (bicyclic) bond motifs is 1. The molecule has 1 aromatic carbocycles. The molecule has 0 bridgehead atoms. The zero-order valence-corrected chi connectivity index (χ0v) is 16.2. The molecular weight excluding hydrogens is 380 g/mol. The number of hydrogen-bond acceptors (Lipinski definition) is 5. The van der Waals surface area contributed by atoms with Crippen LogP contribution in [-0.2, 0) is 13.5 Å². The summed E-state index contributed by atoms with van der Waals surface area (Å²) in [5.41, 5.74) is 3.00. The summed E-state index contributed by atoms with van der Waals surface area (Å²) >= 11 is 0. The first kappa shape index (κ1) is 17.9. The lowest BCUT2D eigenvalue weighted by atomic mass is 10.1. The van der Waals surface area contributed by atoms with Gasteiger partial charge in [0.1, 0.15) is 17.1 Å². The molecule has 7 heteroatoms. The van der Waals surface area contributed by atoms with E-state index >= 15 is 0 Å². The van der Waals surface area contributed by atoms with E-state index in [4.69, 9.17) is 9.40 Å². The molecular formula is C23H18N4O3. The van der Waals surface area contributed by atoms with Crippen molar-refractivity contribution in [1.82, 2.24) is 18.9 Å². The molecule has 0 aliphatic rings. The zero-order chi connectivity index (χ0) is 20.7. The lowest BCUT2D eigenvalue weighted by Gasteiger charge is -2.09. The van der Waals surface area contributed by atoms with Crippen LogP contribution in [0.5, 0.6) is 5.88 Å². The Morgan fingerprint density at radius 1 is 1.03 bits per heavy atom. The Morgan fingerprint density at radius 3 is 2.63 bits per heavy atom. The van der Waals surface area contributed by atoms with Gasteiger partial charge in [-0.2, -0.15) is 0 Å². The minimum absolute atomic E-state index is 0.00464. The molecule has 0 unspecified atom stereocenters. The number of nitrogens with zero attached hydrogens (tertiary/aromatic N) is 4. The predicted octanol–water partition coefficient (Wildman–Crippen LogP) is 3.65. The molecule has 0 aliphatic carbocycles. The van der Waals surface area contributed by atoms with Gasteiger partial charge in [0.05, 0.1) is 23.9 Å². The molecule has 0 radical (unpaired) electrons. The molecule has 0 spiro atoms. The van der Waals surface area contributed by atoms with Crippen molar-refractivity contribution < 1.29 is 9.52 Å². The maximum Gasteiger partial charge on any atom is 0.259 e. The molecule has 0 atom stereocenters. The summed E-state index contributed by atoms with van der Waals surface area (Å²) in [7, 11) is 1.69. The highest BCUT2D eigenvalue weighted by molar-refractivity contribution is 5.77. The third-order valence-electron chi connectivity index (χ3n) is 5.02. The molecule has 30 heavy (non-hydrogen) atoms. The minimum Gasteiger partial charge on any atom is -0.493 e. The summed E-state index contributed by atoms with van der Waals surface area (Å²) in [5.74, 6) is 0.678. The fourth-order valence-corrected chi connectivity index (χ4v) is 3.49. The number of aromatic hydroxyl groups is 1. The largest absolute Gasteiger partial charge is 0.493 e. The van der Waals surface area contributed by atoms with E-state index in [0.29, 0.717) is 40.5 Å². The third kappa shape index (κ3) is 2.97. The Morgan fingerprint density at radius 2 is 1.87 bits per heavy atom. The van der Waals surface area contributed by atoms with E-state index < -0.39 is 0 Å². The van der Waals surface area contributed by atoms with Crippen LogP contribution in [0, 0.1) is 0 Å². The van der Waals surface area contributed by atoms with Gasteiger partial charge in [-0.05, 0) is 24.3 Å². The Kier molecular flexibility index (Phi) is 4.21. The van der Waals surface area contributed by atoms with Crippen molar-refractivity contribution in [2.24, 2.45) is 7.05 Å². The Bertz CT molecular complexity index is 1400. The molecule has 7 nitrogen and oxygen atoms in total. The number of rotatable bonds is 4. The number of aromatic nitrogens is 4. The van der Waals surface area contributed by atoms with Gasteiger partial charge >= 0.3 is 0 Å². The second-order valence-corrected chi connectivity index (χ2v) is 7.01. The highest BCUT2D eigenvalue weighted by Gasteiger charge is 2.20. The SMILES string of the molecule is Cn1cccc(-c2nc(-c3ccccc3)cn3c(O)c(Cc4ccco4)nc23)c1=O. The van der Waals surface area contributed by atoms with Gasteiger partial charge in [-0.1, -0.05) is 30.3 Å². The fourth-order valence-electron chi connectivity index (χ4n) is 3.49.